The normalized spacial score (nSPS) is 17.1. The van der Waals surface area contributed by atoms with Crippen LogP contribution in [0.25, 0.3) is 0 Å². The predicted octanol–water partition coefficient (Wildman–Crippen LogP) is 2.57. The molecule has 1 N–H and O–H groups in total. The van der Waals surface area contributed by atoms with Crippen molar-refractivity contribution >= 4 is 11.7 Å². The van der Waals surface area contributed by atoms with Crippen LogP contribution >= 0.6 is 0 Å². The quantitative estimate of drug-likeness (QED) is 0.789. The van der Waals surface area contributed by atoms with Crippen molar-refractivity contribution in [3.8, 4) is 5.88 Å². The molecule has 1 saturated heterocycles. The smallest absolute Gasteiger partial charge is 0.422 e. The number of hydrogen-bond donors (Lipinski definition) is 1. The number of nitrogens with one attached hydrogen (secondary N) is 1. The zero-order valence-electron chi connectivity index (χ0n) is 15.8. The summed E-state index contributed by atoms with van der Waals surface area (Å²) in [5, 5.41) is 2.65. The Morgan fingerprint density at radius 2 is 2.17 bits per heavy atom. The van der Waals surface area contributed by atoms with Gasteiger partial charge < -0.3 is 19.7 Å². The van der Waals surface area contributed by atoms with Crippen molar-refractivity contribution in [2.45, 2.75) is 25.7 Å². The maximum Gasteiger partial charge on any atom is 0.422 e. The third-order valence-electron chi connectivity index (χ3n) is 4.22. The number of aromatic nitrogens is 2. The molecule has 10 heteroatoms. The van der Waals surface area contributed by atoms with E-state index in [2.05, 4.69) is 24.9 Å². The SMILES string of the molecule is C[C@@H]1CN(c2ccc(CNC(=O)c3cccnc3OCC(F)(F)F)cn2)CCO1. The highest BCUT2D eigenvalue weighted by molar-refractivity contribution is 5.96. The molecule has 2 aromatic heterocycles. The van der Waals surface area contributed by atoms with Crippen LogP contribution in [0.5, 0.6) is 5.88 Å². The van der Waals surface area contributed by atoms with Gasteiger partial charge >= 0.3 is 6.18 Å². The van der Waals surface area contributed by atoms with Crippen molar-refractivity contribution in [2.75, 3.05) is 31.2 Å². The summed E-state index contributed by atoms with van der Waals surface area (Å²) >= 11 is 0. The molecule has 1 fully saturated rings. The average molecular weight is 410 g/mol. The molecule has 0 unspecified atom stereocenters. The highest BCUT2D eigenvalue weighted by atomic mass is 19.4. The van der Waals surface area contributed by atoms with Gasteiger partial charge in [-0.1, -0.05) is 6.07 Å². The number of alkyl halides is 3. The van der Waals surface area contributed by atoms with Crippen molar-refractivity contribution in [2.24, 2.45) is 0 Å². The molecule has 0 aromatic carbocycles. The summed E-state index contributed by atoms with van der Waals surface area (Å²) in [6, 6.07) is 6.51. The van der Waals surface area contributed by atoms with Gasteiger partial charge in [-0.3, -0.25) is 4.79 Å². The van der Waals surface area contributed by atoms with Crippen LogP contribution in [0.2, 0.25) is 0 Å². The van der Waals surface area contributed by atoms with Crippen molar-refractivity contribution in [1.29, 1.82) is 0 Å². The summed E-state index contributed by atoms with van der Waals surface area (Å²) in [4.78, 5) is 22.6. The zero-order chi connectivity index (χ0) is 20.9. The third kappa shape index (κ3) is 6.05. The highest BCUT2D eigenvalue weighted by Crippen LogP contribution is 2.20. The van der Waals surface area contributed by atoms with Gasteiger partial charge in [0.05, 0.1) is 12.7 Å². The Morgan fingerprint density at radius 1 is 1.34 bits per heavy atom. The van der Waals surface area contributed by atoms with E-state index < -0.39 is 18.7 Å². The van der Waals surface area contributed by atoms with Crippen molar-refractivity contribution in [3.63, 3.8) is 0 Å². The summed E-state index contributed by atoms with van der Waals surface area (Å²) < 4.78 is 47.2. The first-order valence-electron chi connectivity index (χ1n) is 9.06. The lowest BCUT2D eigenvalue weighted by atomic mass is 10.2. The molecule has 1 atom stereocenters. The number of anilines is 1. The molecule has 0 saturated carbocycles. The first-order chi connectivity index (χ1) is 13.8. The lowest BCUT2D eigenvalue weighted by molar-refractivity contribution is -0.154. The maximum atomic E-state index is 12.4. The number of pyridine rings is 2. The van der Waals surface area contributed by atoms with Gasteiger partial charge in [0.2, 0.25) is 5.88 Å². The number of hydrogen-bond acceptors (Lipinski definition) is 6. The molecule has 0 radical (unpaired) electrons. The van der Waals surface area contributed by atoms with E-state index in [4.69, 9.17) is 4.74 Å². The Kier molecular flexibility index (Phi) is 6.53. The monoisotopic (exact) mass is 410 g/mol. The van der Waals surface area contributed by atoms with Crippen LogP contribution in [-0.4, -0.2) is 54.5 Å². The molecule has 3 rings (SSSR count). The molecule has 1 aliphatic heterocycles. The summed E-state index contributed by atoms with van der Waals surface area (Å²) in [7, 11) is 0. The van der Waals surface area contributed by atoms with Crippen LogP contribution in [0, 0.1) is 0 Å². The molecule has 29 heavy (non-hydrogen) atoms. The number of carbonyl (C=O) groups excluding carboxylic acids is 1. The van der Waals surface area contributed by atoms with Crippen molar-refractivity contribution < 1.29 is 27.4 Å². The van der Waals surface area contributed by atoms with Gasteiger partial charge in [0, 0.05) is 32.0 Å². The molecule has 0 aliphatic carbocycles. The second kappa shape index (κ2) is 9.08. The summed E-state index contributed by atoms with van der Waals surface area (Å²) in [5.41, 5.74) is 0.689. The first-order valence-corrected chi connectivity index (χ1v) is 9.06. The van der Waals surface area contributed by atoms with Gasteiger partial charge in [-0.05, 0) is 30.7 Å². The summed E-state index contributed by atoms with van der Waals surface area (Å²) in [6.07, 6.45) is -1.47. The second-order valence-corrected chi connectivity index (χ2v) is 6.59. The van der Waals surface area contributed by atoms with Crippen LogP contribution in [0.3, 0.4) is 0 Å². The lowest BCUT2D eigenvalue weighted by Gasteiger charge is -2.32. The molecule has 2 aromatic rings. The number of ether oxygens (including phenoxy) is 2. The maximum absolute atomic E-state index is 12.4. The van der Waals surface area contributed by atoms with Gasteiger partial charge in [-0.2, -0.15) is 13.2 Å². The predicted molar refractivity (Wildman–Crippen MR) is 98.8 cm³/mol. The standard InChI is InChI=1S/C19H21F3N4O3/c1-13-11-26(7-8-28-13)16-5-4-14(9-24-16)10-25-17(27)15-3-2-6-23-18(15)29-12-19(20,21)22/h2-6,9,13H,7-8,10-12H2,1H3,(H,25,27)/t13-/m1/s1. The van der Waals surface area contributed by atoms with E-state index in [1.165, 1.54) is 18.3 Å². The topological polar surface area (TPSA) is 76.6 Å². The number of rotatable bonds is 6. The molecule has 0 spiro atoms. The molecular formula is C19H21F3N4O3. The fourth-order valence-electron chi connectivity index (χ4n) is 2.84. The number of carbonyl (C=O) groups is 1. The molecule has 1 aliphatic rings. The van der Waals surface area contributed by atoms with E-state index in [0.717, 1.165) is 24.5 Å². The fourth-order valence-corrected chi connectivity index (χ4v) is 2.84. The minimum atomic E-state index is -4.52. The highest BCUT2D eigenvalue weighted by Gasteiger charge is 2.29. The Labute approximate surface area is 165 Å². The van der Waals surface area contributed by atoms with E-state index in [-0.39, 0.29) is 24.1 Å². The van der Waals surface area contributed by atoms with E-state index >= 15 is 0 Å². The zero-order valence-corrected chi connectivity index (χ0v) is 15.8. The minimum absolute atomic E-state index is 0.0661. The molecule has 7 nitrogen and oxygen atoms in total. The van der Waals surface area contributed by atoms with E-state index in [1.54, 1.807) is 6.20 Å². The van der Waals surface area contributed by atoms with Gasteiger partial charge in [0.15, 0.2) is 6.61 Å². The number of halogens is 3. The average Bonchev–Trinajstić information content (AvgIpc) is 2.70. The third-order valence-corrected chi connectivity index (χ3v) is 4.22. The Hall–Kier alpha value is -2.88. The number of nitrogens with zero attached hydrogens (tertiary/aromatic N) is 3. The molecular weight excluding hydrogens is 389 g/mol. The van der Waals surface area contributed by atoms with Gasteiger partial charge in [0.25, 0.3) is 5.91 Å². The van der Waals surface area contributed by atoms with Crippen molar-refractivity contribution in [3.05, 3.63) is 47.8 Å². The molecule has 1 amide bonds. The van der Waals surface area contributed by atoms with Gasteiger partial charge in [-0.15, -0.1) is 0 Å². The number of morpholine rings is 1. The van der Waals surface area contributed by atoms with Gasteiger partial charge in [0.1, 0.15) is 11.4 Å². The number of amides is 1. The van der Waals surface area contributed by atoms with Crippen molar-refractivity contribution in [1.82, 2.24) is 15.3 Å². The molecule has 156 valence electrons. The molecule has 3 heterocycles. The Bertz CT molecular complexity index is 830. The second-order valence-electron chi connectivity index (χ2n) is 6.59. The Morgan fingerprint density at radius 3 is 2.86 bits per heavy atom. The van der Waals surface area contributed by atoms with Crippen LogP contribution < -0.4 is 15.0 Å². The first kappa shape index (κ1) is 20.8. The Balaban J connectivity index is 1.58. The van der Waals surface area contributed by atoms with Gasteiger partial charge in [-0.25, -0.2) is 9.97 Å². The summed E-state index contributed by atoms with van der Waals surface area (Å²) in [6.45, 7) is 2.81. The minimum Gasteiger partial charge on any atom is -0.467 e. The van der Waals surface area contributed by atoms with E-state index in [0.29, 0.717) is 6.61 Å². The lowest BCUT2D eigenvalue weighted by Crippen LogP contribution is -2.41. The largest absolute Gasteiger partial charge is 0.467 e. The van der Waals surface area contributed by atoms with Crippen LogP contribution in [0.4, 0.5) is 19.0 Å². The molecule has 0 bridgehead atoms. The van der Waals surface area contributed by atoms with Crippen LogP contribution in [0.15, 0.2) is 36.7 Å². The van der Waals surface area contributed by atoms with E-state index in [1.807, 2.05) is 19.1 Å². The summed E-state index contributed by atoms with van der Waals surface area (Å²) in [5.74, 6) is -0.121. The van der Waals surface area contributed by atoms with Crippen LogP contribution in [-0.2, 0) is 11.3 Å². The fraction of sp³-hybridized carbons (Fsp3) is 0.421. The van der Waals surface area contributed by atoms with E-state index in [9.17, 15) is 18.0 Å². The van der Waals surface area contributed by atoms with Crippen LogP contribution in [0.1, 0.15) is 22.8 Å².